The van der Waals surface area contributed by atoms with E-state index in [2.05, 4.69) is 0 Å². The zero-order chi connectivity index (χ0) is 36.1. The third-order valence-electron chi connectivity index (χ3n) is 9.83. The Labute approximate surface area is 287 Å². The molecule has 264 valence electrons. The van der Waals surface area contributed by atoms with Crippen LogP contribution in [0.1, 0.15) is 86.4 Å². The number of aromatic hydroxyl groups is 2. The molecule has 0 radical (unpaired) electrons. The van der Waals surface area contributed by atoms with Gasteiger partial charge < -0.3 is 44.5 Å². The highest BCUT2D eigenvalue weighted by Gasteiger charge is 2.50. The van der Waals surface area contributed by atoms with Crippen LogP contribution in [0.5, 0.6) is 17.2 Å². The SMILES string of the molecule is COc1cccc2c1C(=O)c1c(O)c3c(c(O)c1C2=O)C[C@@](O)(C(=O)CO)CC3O[C@H]1C[C@@H](CC(=O)OCc2ccc(C)cc2)C(O)[C@H](C)O1. The van der Waals surface area contributed by atoms with Gasteiger partial charge in [0.15, 0.2) is 17.9 Å². The fourth-order valence-electron chi connectivity index (χ4n) is 7.14. The number of carbonyl (C=O) groups is 4. The van der Waals surface area contributed by atoms with E-state index in [4.69, 9.17) is 18.9 Å². The Bertz CT molecular complexity index is 1870. The van der Waals surface area contributed by atoms with Crippen molar-refractivity contribution in [3.05, 3.63) is 87.0 Å². The van der Waals surface area contributed by atoms with Crippen molar-refractivity contribution in [1.29, 1.82) is 0 Å². The molecule has 0 spiro atoms. The number of benzene rings is 3. The topological polar surface area (TPSA) is 206 Å². The van der Waals surface area contributed by atoms with Crippen LogP contribution in [0.25, 0.3) is 0 Å². The molecule has 3 aromatic rings. The average molecular weight is 691 g/mol. The number of carbonyl (C=O) groups excluding carboxylic acids is 4. The maximum absolute atomic E-state index is 13.9. The Morgan fingerprint density at radius 2 is 1.70 bits per heavy atom. The normalized spacial score (nSPS) is 25.7. The van der Waals surface area contributed by atoms with Crippen LogP contribution in [0.4, 0.5) is 0 Å². The Hall–Kier alpha value is -4.66. The van der Waals surface area contributed by atoms with Gasteiger partial charge in [0, 0.05) is 41.9 Å². The number of fused-ring (bicyclic) bond motifs is 3. The van der Waals surface area contributed by atoms with Crippen molar-refractivity contribution in [2.75, 3.05) is 13.7 Å². The molecule has 1 fully saturated rings. The molecule has 3 aliphatic rings. The molecule has 5 N–H and O–H groups in total. The smallest absolute Gasteiger partial charge is 0.306 e. The lowest BCUT2D eigenvalue weighted by molar-refractivity contribution is -0.257. The van der Waals surface area contributed by atoms with E-state index in [9.17, 15) is 44.7 Å². The monoisotopic (exact) mass is 690 g/mol. The van der Waals surface area contributed by atoms with Gasteiger partial charge >= 0.3 is 5.97 Å². The summed E-state index contributed by atoms with van der Waals surface area (Å²) in [6.45, 7) is 2.49. The fraction of sp³-hybridized carbons (Fsp3) is 0.405. The summed E-state index contributed by atoms with van der Waals surface area (Å²) in [4.78, 5) is 53.3. The molecule has 13 nitrogen and oxygen atoms in total. The minimum Gasteiger partial charge on any atom is -0.507 e. The molecule has 6 atom stereocenters. The number of phenols is 2. The van der Waals surface area contributed by atoms with Gasteiger partial charge in [0.2, 0.25) is 5.78 Å². The number of aliphatic hydroxyl groups is 3. The van der Waals surface area contributed by atoms with Crippen molar-refractivity contribution in [1.82, 2.24) is 0 Å². The van der Waals surface area contributed by atoms with Crippen LogP contribution in [-0.4, -0.2) is 86.7 Å². The van der Waals surface area contributed by atoms with E-state index in [1.165, 1.54) is 25.3 Å². The molecule has 1 heterocycles. The lowest BCUT2D eigenvalue weighted by atomic mass is 9.72. The van der Waals surface area contributed by atoms with Crippen LogP contribution >= 0.6 is 0 Å². The summed E-state index contributed by atoms with van der Waals surface area (Å²) in [5, 5.41) is 55.4. The van der Waals surface area contributed by atoms with E-state index in [0.29, 0.717) is 0 Å². The third kappa shape index (κ3) is 6.16. The third-order valence-corrected chi connectivity index (χ3v) is 9.83. The minimum absolute atomic E-state index is 0.0366. The number of methoxy groups -OCH3 is 1. The fourth-order valence-corrected chi connectivity index (χ4v) is 7.14. The first-order valence-corrected chi connectivity index (χ1v) is 16.2. The molecule has 0 saturated carbocycles. The highest BCUT2D eigenvalue weighted by Crippen LogP contribution is 2.52. The molecule has 1 saturated heterocycles. The molecular weight excluding hydrogens is 652 g/mol. The van der Waals surface area contributed by atoms with Gasteiger partial charge in [-0.3, -0.25) is 19.2 Å². The van der Waals surface area contributed by atoms with E-state index in [1.54, 1.807) is 6.92 Å². The quantitative estimate of drug-likeness (QED) is 0.127. The zero-order valence-electron chi connectivity index (χ0n) is 27.7. The number of aryl methyl sites for hydroxylation is 1. The van der Waals surface area contributed by atoms with Gasteiger partial charge in [0.1, 0.15) is 36.1 Å². The first kappa shape index (κ1) is 35.2. The Kier molecular flexibility index (Phi) is 9.55. The molecule has 0 aromatic heterocycles. The number of phenolic OH excluding ortho intramolecular Hbond substituents is 2. The van der Waals surface area contributed by atoms with Crippen molar-refractivity contribution in [3.63, 3.8) is 0 Å². The van der Waals surface area contributed by atoms with Crippen LogP contribution in [0.2, 0.25) is 0 Å². The molecule has 2 unspecified atom stereocenters. The zero-order valence-corrected chi connectivity index (χ0v) is 27.7. The summed E-state index contributed by atoms with van der Waals surface area (Å²) in [6.07, 6.45) is -5.93. The van der Waals surface area contributed by atoms with Crippen LogP contribution in [0.3, 0.4) is 0 Å². The molecule has 0 bridgehead atoms. The molecule has 0 amide bonds. The van der Waals surface area contributed by atoms with E-state index in [0.717, 1.165) is 11.1 Å². The molecule has 6 rings (SSSR count). The van der Waals surface area contributed by atoms with Crippen molar-refractivity contribution in [2.45, 2.75) is 76.3 Å². The summed E-state index contributed by atoms with van der Waals surface area (Å²) in [5.41, 5.74) is -2.06. The minimum atomic E-state index is -2.31. The van der Waals surface area contributed by atoms with E-state index >= 15 is 0 Å². The molecule has 1 aliphatic heterocycles. The lowest BCUT2D eigenvalue weighted by Crippen LogP contribution is -2.49. The standard InChI is InChI=1S/C37H38O13/c1-17-7-9-19(10-8-17)16-48-26(40)11-20-12-27(49-18(2)32(20)41)50-24-14-37(46,25(39)15-38)13-22-29(24)36(45)31-30(34(22)43)33(42)21-5-4-6-23(47-3)28(21)35(31)44/h4-10,18,20,24,27,32,38,41,43,45-46H,11-16H2,1-3H3/t18-,20+,24?,27-,32?,37-/m0/s1. The Morgan fingerprint density at radius 3 is 2.38 bits per heavy atom. The van der Waals surface area contributed by atoms with Crippen LogP contribution in [0.15, 0.2) is 42.5 Å². The van der Waals surface area contributed by atoms with Crippen molar-refractivity contribution >= 4 is 23.3 Å². The molecule has 50 heavy (non-hydrogen) atoms. The van der Waals surface area contributed by atoms with Crippen molar-refractivity contribution in [2.24, 2.45) is 5.92 Å². The van der Waals surface area contributed by atoms with Gasteiger partial charge in [-0.2, -0.15) is 0 Å². The number of esters is 1. The number of aliphatic hydroxyl groups excluding tert-OH is 2. The maximum atomic E-state index is 13.9. The maximum Gasteiger partial charge on any atom is 0.306 e. The van der Waals surface area contributed by atoms with E-state index in [1.807, 2.05) is 31.2 Å². The lowest BCUT2D eigenvalue weighted by Gasteiger charge is -2.42. The summed E-state index contributed by atoms with van der Waals surface area (Å²) in [5.74, 6) is -5.24. The summed E-state index contributed by atoms with van der Waals surface area (Å²) in [7, 11) is 1.31. The van der Waals surface area contributed by atoms with Gasteiger partial charge in [-0.1, -0.05) is 42.0 Å². The number of ketones is 3. The predicted octanol–water partition coefficient (Wildman–Crippen LogP) is 2.73. The molecule has 3 aromatic carbocycles. The van der Waals surface area contributed by atoms with Crippen LogP contribution in [0, 0.1) is 12.8 Å². The van der Waals surface area contributed by atoms with Crippen molar-refractivity contribution < 1.29 is 63.7 Å². The summed E-state index contributed by atoms with van der Waals surface area (Å²) in [6, 6.07) is 11.8. The Morgan fingerprint density at radius 1 is 1.00 bits per heavy atom. The highest BCUT2D eigenvalue weighted by atomic mass is 16.7. The summed E-state index contributed by atoms with van der Waals surface area (Å²) >= 11 is 0. The average Bonchev–Trinajstić information content (AvgIpc) is 3.09. The van der Waals surface area contributed by atoms with Gasteiger partial charge in [-0.15, -0.1) is 0 Å². The first-order valence-electron chi connectivity index (χ1n) is 16.2. The number of hydrogen-bond donors (Lipinski definition) is 5. The largest absolute Gasteiger partial charge is 0.507 e. The Balaban J connectivity index is 1.33. The predicted molar refractivity (Wildman–Crippen MR) is 173 cm³/mol. The van der Waals surface area contributed by atoms with E-state index in [-0.39, 0.29) is 47.5 Å². The second-order valence-corrected chi connectivity index (χ2v) is 13.1. The molecule has 2 aliphatic carbocycles. The van der Waals surface area contributed by atoms with E-state index < -0.39 is 102 Å². The second kappa shape index (κ2) is 13.6. The van der Waals surface area contributed by atoms with Gasteiger partial charge in [-0.25, -0.2) is 0 Å². The number of ether oxygens (including phenoxy) is 4. The molecule has 13 heteroatoms. The van der Waals surface area contributed by atoms with Gasteiger partial charge in [0.05, 0.1) is 48.5 Å². The van der Waals surface area contributed by atoms with Crippen LogP contribution in [-0.2, 0) is 36.8 Å². The first-order chi connectivity index (χ1) is 23.8. The number of rotatable bonds is 9. The summed E-state index contributed by atoms with van der Waals surface area (Å²) < 4.78 is 22.9. The number of hydrogen-bond acceptors (Lipinski definition) is 13. The van der Waals surface area contributed by atoms with Crippen molar-refractivity contribution in [3.8, 4) is 17.2 Å². The van der Waals surface area contributed by atoms with Gasteiger partial charge in [-0.05, 0) is 25.5 Å². The molecular formula is C37H38O13. The second-order valence-electron chi connectivity index (χ2n) is 13.1. The van der Waals surface area contributed by atoms with Crippen LogP contribution < -0.4 is 4.74 Å². The van der Waals surface area contributed by atoms with Gasteiger partial charge in [0.25, 0.3) is 0 Å². The number of Topliss-reactive ketones (excluding diaryl/α,β-unsaturated/α-hetero) is 1. The highest BCUT2D eigenvalue weighted by molar-refractivity contribution is 6.31.